The van der Waals surface area contributed by atoms with Crippen molar-refractivity contribution in [3.8, 4) is 0 Å². The third-order valence-electron chi connectivity index (χ3n) is 3.76. The van der Waals surface area contributed by atoms with Gasteiger partial charge in [0.15, 0.2) is 0 Å². The van der Waals surface area contributed by atoms with Crippen LogP contribution in [0.4, 0.5) is 0 Å². The van der Waals surface area contributed by atoms with E-state index in [-0.39, 0.29) is 6.42 Å². The molecule has 1 aliphatic rings. The number of carbonyl (C=O) groups is 3. The SMILES string of the molecule is O=C(O)CC(c1ccc(Cl)cc1)N1C(=O)c2ccccc2C1=O. The summed E-state index contributed by atoms with van der Waals surface area (Å²) in [6, 6.07) is 12.0. The van der Waals surface area contributed by atoms with Gasteiger partial charge in [-0.1, -0.05) is 35.9 Å². The fourth-order valence-electron chi connectivity index (χ4n) is 2.70. The molecule has 1 atom stereocenters. The van der Waals surface area contributed by atoms with Gasteiger partial charge in [0.2, 0.25) is 0 Å². The Bertz CT molecular complexity index is 765. The van der Waals surface area contributed by atoms with Gasteiger partial charge in [0.25, 0.3) is 11.8 Å². The Morgan fingerprint density at radius 1 is 1.00 bits per heavy atom. The largest absolute Gasteiger partial charge is 0.481 e. The molecule has 0 bridgehead atoms. The second kappa shape index (κ2) is 5.85. The van der Waals surface area contributed by atoms with Crippen molar-refractivity contribution in [1.29, 1.82) is 0 Å². The number of carbonyl (C=O) groups excluding carboxylic acids is 2. The number of imide groups is 1. The number of aliphatic carboxylic acids is 1. The average molecular weight is 330 g/mol. The number of nitrogens with zero attached hydrogens (tertiary/aromatic N) is 1. The molecular formula is C17H12ClNO4. The van der Waals surface area contributed by atoms with Crippen LogP contribution in [0.15, 0.2) is 48.5 Å². The summed E-state index contributed by atoms with van der Waals surface area (Å²) in [5, 5.41) is 9.67. The lowest BCUT2D eigenvalue weighted by atomic mass is 10.0. The number of rotatable bonds is 4. The lowest BCUT2D eigenvalue weighted by Crippen LogP contribution is -2.35. The predicted octanol–water partition coefficient (Wildman–Crippen LogP) is 3.15. The molecule has 0 spiro atoms. The van der Waals surface area contributed by atoms with Gasteiger partial charge in [0.05, 0.1) is 23.6 Å². The first kappa shape index (κ1) is 15.2. The maximum Gasteiger partial charge on any atom is 0.305 e. The van der Waals surface area contributed by atoms with Crippen LogP contribution in [0.5, 0.6) is 0 Å². The van der Waals surface area contributed by atoms with Gasteiger partial charge in [-0.05, 0) is 29.8 Å². The van der Waals surface area contributed by atoms with Gasteiger partial charge >= 0.3 is 5.97 Å². The van der Waals surface area contributed by atoms with Gasteiger partial charge in [0.1, 0.15) is 0 Å². The number of hydrogen-bond acceptors (Lipinski definition) is 3. The van der Waals surface area contributed by atoms with E-state index in [1.807, 2.05) is 0 Å². The van der Waals surface area contributed by atoms with E-state index in [2.05, 4.69) is 0 Å². The van der Waals surface area contributed by atoms with Crippen LogP contribution in [0, 0.1) is 0 Å². The minimum atomic E-state index is -1.10. The first-order valence-electron chi connectivity index (χ1n) is 6.93. The molecule has 0 aromatic heterocycles. The summed E-state index contributed by atoms with van der Waals surface area (Å²) in [5.41, 5.74) is 1.13. The Labute approximate surface area is 137 Å². The molecule has 2 aromatic rings. The Balaban J connectivity index is 2.04. The molecule has 1 N–H and O–H groups in total. The fraction of sp³-hybridized carbons (Fsp3) is 0.118. The molecule has 1 heterocycles. The normalized spacial score (nSPS) is 14.7. The highest BCUT2D eigenvalue weighted by Crippen LogP contribution is 2.33. The van der Waals surface area contributed by atoms with Crippen molar-refractivity contribution in [2.45, 2.75) is 12.5 Å². The summed E-state index contributed by atoms with van der Waals surface area (Å²) in [6.45, 7) is 0. The molecule has 6 heteroatoms. The Hall–Kier alpha value is -2.66. The molecule has 2 amide bonds. The Morgan fingerprint density at radius 3 is 2.00 bits per heavy atom. The van der Waals surface area contributed by atoms with Gasteiger partial charge in [-0.25, -0.2) is 0 Å². The van der Waals surface area contributed by atoms with E-state index in [9.17, 15) is 19.5 Å². The van der Waals surface area contributed by atoms with Crippen LogP contribution in [-0.2, 0) is 4.79 Å². The molecule has 0 radical (unpaired) electrons. The number of carboxylic acids is 1. The number of hydrogen-bond donors (Lipinski definition) is 1. The highest BCUT2D eigenvalue weighted by atomic mass is 35.5. The molecule has 5 nitrogen and oxygen atoms in total. The van der Waals surface area contributed by atoms with Crippen molar-refractivity contribution in [3.05, 3.63) is 70.2 Å². The molecule has 23 heavy (non-hydrogen) atoms. The van der Waals surface area contributed by atoms with Crippen molar-refractivity contribution in [3.63, 3.8) is 0 Å². The fourth-order valence-corrected chi connectivity index (χ4v) is 2.83. The van der Waals surface area contributed by atoms with Crippen LogP contribution in [0.25, 0.3) is 0 Å². The monoisotopic (exact) mass is 329 g/mol. The maximum atomic E-state index is 12.6. The van der Waals surface area contributed by atoms with Gasteiger partial charge in [-0.2, -0.15) is 0 Å². The maximum absolute atomic E-state index is 12.6. The van der Waals surface area contributed by atoms with Crippen molar-refractivity contribution in [2.75, 3.05) is 0 Å². The van der Waals surface area contributed by atoms with Gasteiger partial charge in [-0.15, -0.1) is 0 Å². The zero-order chi connectivity index (χ0) is 16.6. The van der Waals surface area contributed by atoms with Crippen LogP contribution < -0.4 is 0 Å². The van der Waals surface area contributed by atoms with Crippen LogP contribution >= 0.6 is 11.6 Å². The highest BCUT2D eigenvalue weighted by molar-refractivity contribution is 6.30. The average Bonchev–Trinajstić information content (AvgIpc) is 2.78. The number of benzene rings is 2. The van der Waals surface area contributed by atoms with E-state index in [4.69, 9.17) is 11.6 Å². The number of halogens is 1. The van der Waals surface area contributed by atoms with Gasteiger partial charge < -0.3 is 5.11 Å². The van der Waals surface area contributed by atoms with E-state index in [1.54, 1.807) is 48.5 Å². The zero-order valence-corrected chi connectivity index (χ0v) is 12.7. The lowest BCUT2D eigenvalue weighted by molar-refractivity contribution is -0.138. The third-order valence-corrected chi connectivity index (χ3v) is 4.01. The van der Waals surface area contributed by atoms with E-state index in [0.29, 0.717) is 21.7 Å². The second-order valence-electron chi connectivity index (χ2n) is 5.19. The first-order chi connectivity index (χ1) is 11.0. The molecule has 0 aliphatic carbocycles. The van der Waals surface area contributed by atoms with Gasteiger partial charge in [0, 0.05) is 5.02 Å². The predicted molar refractivity (Wildman–Crippen MR) is 83.4 cm³/mol. The summed E-state index contributed by atoms with van der Waals surface area (Å²) in [4.78, 5) is 37.3. The summed E-state index contributed by atoms with van der Waals surface area (Å²) < 4.78 is 0. The van der Waals surface area contributed by atoms with Crippen LogP contribution in [0.2, 0.25) is 5.02 Å². The third kappa shape index (κ3) is 2.71. The van der Waals surface area contributed by atoms with Crippen LogP contribution in [0.1, 0.15) is 38.7 Å². The van der Waals surface area contributed by atoms with Crippen LogP contribution in [-0.4, -0.2) is 27.8 Å². The number of fused-ring (bicyclic) bond motifs is 1. The number of carboxylic acid groups (broad SMARTS) is 1. The summed E-state index contributed by atoms with van der Waals surface area (Å²) >= 11 is 5.85. The minimum absolute atomic E-state index is 0.293. The number of amides is 2. The van der Waals surface area contributed by atoms with Gasteiger partial charge in [-0.3, -0.25) is 19.3 Å². The minimum Gasteiger partial charge on any atom is -0.481 e. The Morgan fingerprint density at radius 2 is 1.52 bits per heavy atom. The van der Waals surface area contributed by atoms with Crippen molar-refractivity contribution in [1.82, 2.24) is 4.90 Å². The molecule has 2 aromatic carbocycles. The Kier molecular flexibility index (Phi) is 3.88. The topological polar surface area (TPSA) is 74.7 Å². The summed E-state index contributed by atoms with van der Waals surface area (Å²) in [7, 11) is 0. The van der Waals surface area contributed by atoms with E-state index >= 15 is 0 Å². The summed E-state index contributed by atoms with van der Waals surface area (Å²) in [5.74, 6) is -2.06. The van der Waals surface area contributed by atoms with Crippen LogP contribution in [0.3, 0.4) is 0 Å². The quantitative estimate of drug-likeness (QED) is 0.874. The second-order valence-corrected chi connectivity index (χ2v) is 5.63. The van der Waals surface area contributed by atoms with Crippen molar-refractivity contribution < 1.29 is 19.5 Å². The molecule has 0 saturated carbocycles. The zero-order valence-electron chi connectivity index (χ0n) is 11.9. The molecule has 116 valence electrons. The molecule has 0 saturated heterocycles. The molecule has 1 aliphatic heterocycles. The molecule has 0 fully saturated rings. The lowest BCUT2D eigenvalue weighted by Gasteiger charge is -2.25. The first-order valence-corrected chi connectivity index (χ1v) is 7.31. The molecule has 1 unspecified atom stereocenters. The van der Waals surface area contributed by atoms with E-state index in [1.165, 1.54) is 0 Å². The van der Waals surface area contributed by atoms with E-state index in [0.717, 1.165) is 4.90 Å². The molecular weight excluding hydrogens is 318 g/mol. The summed E-state index contributed by atoms with van der Waals surface area (Å²) in [6.07, 6.45) is -0.368. The standard InChI is InChI=1S/C17H12ClNO4/c18-11-7-5-10(6-8-11)14(9-15(20)21)19-16(22)12-3-1-2-4-13(12)17(19)23/h1-8,14H,9H2,(H,20,21). The van der Waals surface area contributed by atoms with Crippen molar-refractivity contribution in [2.24, 2.45) is 0 Å². The smallest absolute Gasteiger partial charge is 0.305 e. The highest BCUT2D eigenvalue weighted by Gasteiger charge is 2.41. The molecule has 3 rings (SSSR count). The van der Waals surface area contributed by atoms with E-state index < -0.39 is 23.8 Å². The van der Waals surface area contributed by atoms with Crippen molar-refractivity contribution >= 4 is 29.4 Å².